The summed E-state index contributed by atoms with van der Waals surface area (Å²) in [5.41, 5.74) is 2.99. The van der Waals surface area contributed by atoms with Gasteiger partial charge in [0.15, 0.2) is 0 Å². The number of carbonyl (C=O) groups excluding carboxylic acids is 1. The minimum absolute atomic E-state index is 0.00751. The molecule has 13 heteroatoms. The fraction of sp³-hybridized carbons (Fsp3) is 0.300. The lowest BCUT2D eigenvalue weighted by Gasteiger charge is -2.16. The zero-order valence-corrected chi connectivity index (χ0v) is 18.1. The van der Waals surface area contributed by atoms with Crippen LogP contribution in [0.4, 0.5) is 11.5 Å². The number of carboxylic acids is 4. The number of hydrogen-bond acceptors (Lipinski definition) is 8. The van der Waals surface area contributed by atoms with Crippen LogP contribution in [0.1, 0.15) is 5.56 Å². The van der Waals surface area contributed by atoms with E-state index in [1.54, 1.807) is 0 Å². The molecule has 0 bridgehead atoms. The summed E-state index contributed by atoms with van der Waals surface area (Å²) < 4.78 is 0. The van der Waals surface area contributed by atoms with Gasteiger partial charge >= 0.3 is 23.9 Å². The van der Waals surface area contributed by atoms with Gasteiger partial charge in [0.2, 0.25) is 5.91 Å². The van der Waals surface area contributed by atoms with Crippen molar-refractivity contribution >= 4 is 52.2 Å². The first-order valence-corrected chi connectivity index (χ1v) is 9.34. The number of carbonyl (C=O) groups is 5. The highest BCUT2D eigenvalue weighted by Crippen LogP contribution is 2.36. The molecule has 0 saturated carbocycles. The Kier molecular flexibility index (Phi) is 9.70. The quantitative estimate of drug-likeness (QED) is 0.383. The molecule has 0 radical (unpaired) electrons. The molecule has 1 amide bonds. The Morgan fingerprint density at radius 2 is 1.48 bits per heavy atom. The second kappa shape index (κ2) is 12.0. The second-order valence-corrected chi connectivity index (χ2v) is 6.98. The van der Waals surface area contributed by atoms with Crippen LogP contribution in [0.15, 0.2) is 24.3 Å². The van der Waals surface area contributed by atoms with Gasteiger partial charge < -0.3 is 35.5 Å². The van der Waals surface area contributed by atoms with Gasteiger partial charge in [-0.2, -0.15) is 0 Å². The molecule has 1 aliphatic heterocycles. The maximum Gasteiger partial charge on any atom is 0.414 e. The standard InChI is InChI=1S/C16H20N4O.2C2H2O4/c1-19(2)10-14(21)18-15-11-6-4-5-7-13(11)17-16-12(15)8-9-20(16)3;2*3-1(4)2(5)6/h4-7H,8-10H2,1-3H3,(H,17,18,21);2*(H,3,4)(H,5,6). The largest absolute Gasteiger partial charge is 0.473 e. The zero-order chi connectivity index (χ0) is 25.3. The summed E-state index contributed by atoms with van der Waals surface area (Å²) in [6.07, 6.45) is 0.918. The molecule has 1 aromatic carbocycles. The van der Waals surface area contributed by atoms with Crippen molar-refractivity contribution < 1.29 is 44.4 Å². The summed E-state index contributed by atoms with van der Waals surface area (Å²) >= 11 is 0. The third-order valence-electron chi connectivity index (χ3n) is 4.12. The van der Waals surface area contributed by atoms with Gasteiger partial charge in [-0.3, -0.25) is 4.79 Å². The van der Waals surface area contributed by atoms with E-state index in [0.717, 1.165) is 40.9 Å². The van der Waals surface area contributed by atoms with Crippen molar-refractivity contribution in [1.29, 1.82) is 0 Å². The number of carboxylic acid groups (broad SMARTS) is 4. The molecule has 13 nitrogen and oxygen atoms in total. The van der Waals surface area contributed by atoms with Crippen LogP contribution in [-0.4, -0.2) is 94.3 Å². The number of pyridine rings is 1. The Morgan fingerprint density at radius 1 is 0.970 bits per heavy atom. The van der Waals surface area contributed by atoms with Gasteiger partial charge in [-0.05, 0) is 26.6 Å². The number of fused-ring (bicyclic) bond motifs is 2. The second-order valence-electron chi connectivity index (χ2n) is 6.98. The number of nitrogens with one attached hydrogen (secondary N) is 1. The van der Waals surface area contributed by atoms with E-state index in [0.29, 0.717) is 6.54 Å². The Balaban J connectivity index is 0.000000377. The van der Waals surface area contributed by atoms with Crippen molar-refractivity contribution in [2.75, 3.05) is 44.4 Å². The van der Waals surface area contributed by atoms with Crippen LogP contribution in [0.3, 0.4) is 0 Å². The summed E-state index contributed by atoms with van der Waals surface area (Å²) in [6, 6.07) is 7.97. The van der Waals surface area contributed by atoms with E-state index in [9.17, 15) is 4.79 Å². The molecule has 0 fully saturated rings. The predicted octanol–water partition coefficient (Wildman–Crippen LogP) is 0.0384. The number of likely N-dealkylation sites (N-methyl/N-ethyl adjacent to an activating group) is 2. The van der Waals surface area contributed by atoms with Gasteiger partial charge in [0.1, 0.15) is 5.82 Å². The summed E-state index contributed by atoms with van der Waals surface area (Å²) in [4.78, 5) is 57.3. The lowest BCUT2D eigenvalue weighted by Crippen LogP contribution is -2.27. The summed E-state index contributed by atoms with van der Waals surface area (Å²) in [5.74, 6) is -6.31. The van der Waals surface area contributed by atoms with Crippen molar-refractivity contribution in [2.24, 2.45) is 0 Å². The molecule has 0 atom stereocenters. The highest BCUT2D eigenvalue weighted by atomic mass is 16.4. The molecule has 2 aromatic rings. The third kappa shape index (κ3) is 8.06. The van der Waals surface area contributed by atoms with Gasteiger partial charge in [0.05, 0.1) is 17.7 Å². The summed E-state index contributed by atoms with van der Waals surface area (Å²) in [6.45, 7) is 1.32. The van der Waals surface area contributed by atoms with Crippen LogP contribution < -0.4 is 10.2 Å². The Bertz CT molecular complexity index is 1020. The number of amides is 1. The highest BCUT2D eigenvalue weighted by Gasteiger charge is 2.24. The van der Waals surface area contributed by atoms with E-state index in [1.165, 1.54) is 0 Å². The van der Waals surface area contributed by atoms with Crippen molar-refractivity contribution in [3.63, 3.8) is 0 Å². The summed E-state index contributed by atoms with van der Waals surface area (Å²) in [7, 11) is 5.82. The van der Waals surface area contributed by atoms with E-state index in [2.05, 4.69) is 10.2 Å². The minimum atomic E-state index is -1.82. The fourth-order valence-electron chi connectivity index (χ4n) is 2.79. The van der Waals surface area contributed by atoms with Crippen LogP contribution >= 0.6 is 0 Å². The molecule has 33 heavy (non-hydrogen) atoms. The van der Waals surface area contributed by atoms with Gasteiger partial charge in [-0.25, -0.2) is 24.2 Å². The Labute approximate surface area is 187 Å². The zero-order valence-electron chi connectivity index (χ0n) is 18.1. The van der Waals surface area contributed by atoms with Gasteiger partial charge in [0.25, 0.3) is 0 Å². The van der Waals surface area contributed by atoms with Gasteiger partial charge in [-0.15, -0.1) is 0 Å². The Morgan fingerprint density at radius 3 is 1.97 bits per heavy atom. The molecule has 1 aromatic heterocycles. The number of benzene rings is 1. The molecule has 0 saturated heterocycles. The van der Waals surface area contributed by atoms with Crippen molar-refractivity contribution in [3.8, 4) is 0 Å². The molecular formula is C20H24N4O9. The maximum absolute atomic E-state index is 12.2. The molecule has 5 N–H and O–H groups in total. The van der Waals surface area contributed by atoms with Crippen LogP contribution in [0, 0.1) is 0 Å². The average Bonchev–Trinajstić information content (AvgIpc) is 3.08. The minimum Gasteiger partial charge on any atom is -0.473 e. The van der Waals surface area contributed by atoms with E-state index < -0.39 is 23.9 Å². The first kappa shape index (κ1) is 26.8. The van der Waals surface area contributed by atoms with Gasteiger partial charge in [0, 0.05) is 24.5 Å². The SMILES string of the molecule is CN(C)CC(=O)Nc1c2c(nc3ccccc13)N(C)CC2.O=C(O)C(=O)O.O=C(O)C(=O)O. The molecular weight excluding hydrogens is 440 g/mol. The first-order valence-electron chi connectivity index (χ1n) is 9.34. The van der Waals surface area contributed by atoms with E-state index in [4.69, 9.17) is 44.6 Å². The average molecular weight is 464 g/mol. The highest BCUT2D eigenvalue weighted by molar-refractivity contribution is 6.27. The fourth-order valence-corrected chi connectivity index (χ4v) is 2.79. The van der Waals surface area contributed by atoms with Crippen LogP contribution in [0.2, 0.25) is 0 Å². The summed E-state index contributed by atoms with van der Waals surface area (Å²) in [5, 5.41) is 33.7. The van der Waals surface area contributed by atoms with Crippen LogP contribution in [0.25, 0.3) is 10.9 Å². The molecule has 0 aliphatic carbocycles. The topological polar surface area (TPSA) is 198 Å². The number of para-hydroxylation sites is 1. The monoisotopic (exact) mass is 464 g/mol. The number of rotatable bonds is 3. The number of aromatic nitrogens is 1. The molecule has 0 unspecified atom stereocenters. The molecule has 178 valence electrons. The van der Waals surface area contributed by atoms with E-state index in [-0.39, 0.29) is 5.91 Å². The van der Waals surface area contributed by atoms with Crippen molar-refractivity contribution in [2.45, 2.75) is 6.42 Å². The molecule has 3 rings (SSSR count). The Hall–Kier alpha value is -4.26. The third-order valence-corrected chi connectivity index (χ3v) is 4.12. The molecule has 0 spiro atoms. The first-order chi connectivity index (χ1) is 15.3. The van der Waals surface area contributed by atoms with Crippen LogP contribution in [0.5, 0.6) is 0 Å². The maximum atomic E-state index is 12.2. The number of anilines is 2. The molecule has 1 aliphatic rings. The van der Waals surface area contributed by atoms with E-state index >= 15 is 0 Å². The van der Waals surface area contributed by atoms with Crippen LogP contribution in [-0.2, 0) is 30.4 Å². The lowest BCUT2D eigenvalue weighted by molar-refractivity contribution is -0.159. The normalized spacial score (nSPS) is 11.5. The van der Waals surface area contributed by atoms with Crippen molar-refractivity contribution in [1.82, 2.24) is 9.88 Å². The van der Waals surface area contributed by atoms with Gasteiger partial charge in [-0.1, -0.05) is 18.2 Å². The smallest absolute Gasteiger partial charge is 0.414 e. The number of hydrogen-bond donors (Lipinski definition) is 5. The predicted molar refractivity (Wildman–Crippen MR) is 116 cm³/mol. The van der Waals surface area contributed by atoms with Crippen molar-refractivity contribution in [3.05, 3.63) is 29.8 Å². The number of nitrogens with zero attached hydrogens (tertiary/aromatic N) is 3. The molecule has 2 heterocycles. The lowest BCUT2D eigenvalue weighted by atomic mass is 10.1. The number of aliphatic carboxylic acids is 4. The van der Waals surface area contributed by atoms with E-state index in [1.807, 2.05) is 50.3 Å².